The Labute approximate surface area is 140 Å². The molecule has 1 aliphatic rings. The van der Waals surface area contributed by atoms with E-state index in [0.717, 1.165) is 18.7 Å². The maximum Gasteiger partial charge on any atom is 0.228 e. The van der Waals surface area contributed by atoms with E-state index in [1.807, 2.05) is 12.1 Å². The van der Waals surface area contributed by atoms with Crippen LogP contribution in [0, 0.1) is 0 Å². The first-order chi connectivity index (χ1) is 11.2. The molecule has 1 aromatic heterocycles. The Bertz CT molecular complexity index is 632. The van der Waals surface area contributed by atoms with Crippen molar-refractivity contribution in [2.45, 2.75) is 25.5 Å². The van der Waals surface area contributed by atoms with Gasteiger partial charge in [0, 0.05) is 36.1 Å². The van der Waals surface area contributed by atoms with Crippen LogP contribution in [0.2, 0.25) is 5.02 Å². The molecule has 1 aliphatic heterocycles. The van der Waals surface area contributed by atoms with Gasteiger partial charge in [0.2, 0.25) is 11.7 Å². The SMILES string of the molecule is CC1COC(CO)CN1CCc1nc(-c2ccc(Cl)cc2)no1. The smallest absolute Gasteiger partial charge is 0.228 e. The molecule has 0 spiro atoms. The Morgan fingerprint density at radius 3 is 2.87 bits per heavy atom. The molecule has 6 nitrogen and oxygen atoms in total. The fraction of sp³-hybridized carbons (Fsp3) is 0.500. The lowest BCUT2D eigenvalue weighted by Crippen LogP contribution is -2.50. The first kappa shape index (κ1) is 16.4. The summed E-state index contributed by atoms with van der Waals surface area (Å²) in [5.41, 5.74) is 0.879. The molecule has 7 heteroatoms. The van der Waals surface area contributed by atoms with E-state index in [1.54, 1.807) is 12.1 Å². The molecule has 0 radical (unpaired) electrons. The summed E-state index contributed by atoms with van der Waals surface area (Å²) >= 11 is 5.88. The number of benzene rings is 1. The molecule has 0 amide bonds. The number of nitrogens with zero attached hydrogens (tertiary/aromatic N) is 3. The molecule has 2 unspecified atom stereocenters. The zero-order valence-electron chi connectivity index (χ0n) is 13.0. The Morgan fingerprint density at radius 2 is 2.13 bits per heavy atom. The van der Waals surface area contributed by atoms with E-state index in [4.69, 9.17) is 20.9 Å². The summed E-state index contributed by atoms with van der Waals surface area (Å²) in [4.78, 5) is 6.70. The van der Waals surface area contributed by atoms with Crippen molar-refractivity contribution in [2.24, 2.45) is 0 Å². The molecule has 1 saturated heterocycles. The highest BCUT2D eigenvalue weighted by molar-refractivity contribution is 6.30. The topological polar surface area (TPSA) is 71.6 Å². The third-order valence-electron chi connectivity index (χ3n) is 4.02. The molecule has 1 N–H and O–H groups in total. The van der Waals surface area contributed by atoms with E-state index in [1.165, 1.54) is 0 Å². The first-order valence-corrected chi connectivity index (χ1v) is 8.08. The number of hydrogen-bond acceptors (Lipinski definition) is 6. The summed E-state index contributed by atoms with van der Waals surface area (Å²) in [5, 5.41) is 13.9. The van der Waals surface area contributed by atoms with Crippen molar-refractivity contribution >= 4 is 11.6 Å². The standard InChI is InChI=1S/C16H20ClN3O3/c1-11-10-22-14(9-21)8-20(11)7-6-15-18-16(19-23-15)12-2-4-13(17)5-3-12/h2-5,11,14,21H,6-10H2,1H3. The second-order valence-electron chi connectivity index (χ2n) is 5.75. The van der Waals surface area contributed by atoms with E-state index in [-0.39, 0.29) is 12.7 Å². The van der Waals surface area contributed by atoms with Crippen LogP contribution in [0.15, 0.2) is 28.8 Å². The van der Waals surface area contributed by atoms with Crippen LogP contribution in [-0.2, 0) is 11.2 Å². The van der Waals surface area contributed by atoms with Crippen molar-refractivity contribution in [3.63, 3.8) is 0 Å². The third kappa shape index (κ3) is 4.09. The van der Waals surface area contributed by atoms with Gasteiger partial charge in [-0.05, 0) is 31.2 Å². The number of ether oxygens (including phenoxy) is 1. The minimum absolute atomic E-state index is 0.0461. The number of morpholine rings is 1. The average molecular weight is 338 g/mol. The number of aliphatic hydroxyl groups is 1. The summed E-state index contributed by atoms with van der Waals surface area (Å²) in [6, 6.07) is 7.66. The van der Waals surface area contributed by atoms with Crippen LogP contribution in [0.3, 0.4) is 0 Å². The largest absolute Gasteiger partial charge is 0.394 e. The Balaban J connectivity index is 1.59. The molecule has 1 aromatic carbocycles. The molecule has 2 aromatic rings. The van der Waals surface area contributed by atoms with Gasteiger partial charge in [-0.15, -0.1) is 0 Å². The highest BCUT2D eigenvalue weighted by Gasteiger charge is 2.25. The Hall–Kier alpha value is -1.47. The van der Waals surface area contributed by atoms with E-state index in [9.17, 15) is 5.11 Å². The van der Waals surface area contributed by atoms with Crippen LogP contribution in [-0.4, -0.2) is 58.6 Å². The van der Waals surface area contributed by atoms with Gasteiger partial charge in [-0.25, -0.2) is 0 Å². The highest BCUT2D eigenvalue weighted by Crippen LogP contribution is 2.19. The van der Waals surface area contributed by atoms with Crippen molar-refractivity contribution in [1.82, 2.24) is 15.0 Å². The van der Waals surface area contributed by atoms with Gasteiger partial charge in [0.05, 0.1) is 19.3 Å². The molecule has 0 saturated carbocycles. The molecular formula is C16H20ClN3O3. The summed E-state index contributed by atoms with van der Waals surface area (Å²) in [6.45, 7) is 4.30. The molecule has 23 heavy (non-hydrogen) atoms. The summed E-state index contributed by atoms with van der Waals surface area (Å²) < 4.78 is 10.9. The number of aliphatic hydroxyl groups excluding tert-OH is 1. The predicted molar refractivity (Wildman–Crippen MR) is 86.3 cm³/mol. The monoisotopic (exact) mass is 337 g/mol. The fourth-order valence-corrected chi connectivity index (χ4v) is 2.73. The van der Waals surface area contributed by atoms with Crippen LogP contribution in [0.1, 0.15) is 12.8 Å². The van der Waals surface area contributed by atoms with Crippen LogP contribution < -0.4 is 0 Å². The fourth-order valence-electron chi connectivity index (χ4n) is 2.61. The number of aromatic nitrogens is 2. The van der Waals surface area contributed by atoms with E-state index in [2.05, 4.69) is 22.0 Å². The zero-order chi connectivity index (χ0) is 16.2. The van der Waals surface area contributed by atoms with E-state index in [0.29, 0.717) is 35.8 Å². The summed E-state index contributed by atoms with van der Waals surface area (Å²) in [6.07, 6.45) is 0.557. The van der Waals surface area contributed by atoms with Gasteiger partial charge < -0.3 is 14.4 Å². The lowest BCUT2D eigenvalue weighted by molar-refractivity contribution is -0.0776. The van der Waals surface area contributed by atoms with Crippen LogP contribution in [0.5, 0.6) is 0 Å². The normalized spacial score (nSPS) is 22.4. The first-order valence-electron chi connectivity index (χ1n) is 7.70. The van der Waals surface area contributed by atoms with Crippen molar-refractivity contribution in [3.8, 4) is 11.4 Å². The maximum absolute atomic E-state index is 9.23. The predicted octanol–water partition coefficient (Wildman–Crippen LogP) is 2.01. The molecule has 0 aliphatic carbocycles. The van der Waals surface area contributed by atoms with Crippen LogP contribution in [0.25, 0.3) is 11.4 Å². The van der Waals surface area contributed by atoms with Gasteiger partial charge in [-0.1, -0.05) is 16.8 Å². The van der Waals surface area contributed by atoms with Gasteiger partial charge in [0.25, 0.3) is 0 Å². The Kier molecular flexibility index (Phi) is 5.27. The maximum atomic E-state index is 9.23. The van der Waals surface area contributed by atoms with Crippen molar-refractivity contribution in [3.05, 3.63) is 35.2 Å². The molecular weight excluding hydrogens is 318 g/mol. The summed E-state index contributed by atoms with van der Waals surface area (Å²) in [7, 11) is 0. The molecule has 0 bridgehead atoms. The lowest BCUT2D eigenvalue weighted by Gasteiger charge is -2.37. The molecule has 2 heterocycles. The van der Waals surface area contributed by atoms with Gasteiger partial charge >= 0.3 is 0 Å². The molecule has 2 atom stereocenters. The second kappa shape index (κ2) is 7.40. The summed E-state index contributed by atoms with van der Waals surface area (Å²) in [5.74, 6) is 1.18. The molecule has 3 rings (SSSR count). The lowest BCUT2D eigenvalue weighted by atomic mass is 10.2. The zero-order valence-corrected chi connectivity index (χ0v) is 13.7. The Morgan fingerprint density at radius 1 is 1.35 bits per heavy atom. The minimum Gasteiger partial charge on any atom is -0.394 e. The average Bonchev–Trinajstić information content (AvgIpc) is 3.04. The quantitative estimate of drug-likeness (QED) is 0.900. The van der Waals surface area contributed by atoms with Crippen molar-refractivity contribution < 1.29 is 14.4 Å². The minimum atomic E-state index is -0.112. The molecule has 124 valence electrons. The number of hydrogen-bond donors (Lipinski definition) is 1. The highest BCUT2D eigenvalue weighted by atomic mass is 35.5. The van der Waals surface area contributed by atoms with Crippen LogP contribution in [0.4, 0.5) is 0 Å². The van der Waals surface area contributed by atoms with E-state index >= 15 is 0 Å². The van der Waals surface area contributed by atoms with Crippen LogP contribution >= 0.6 is 11.6 Å². The number of rotatable bonds is 5. The van der Waals surface area contributed by atoms with Gasteiger partial charge in [-0.2, -0.15) is 4.98 Å². The third-order valence-corrected chi connectivity index (χ3v) is 4.27. The van der Waals surface area contributed by atoms with Gasteiger partial charge in [0.1, 0.15) is 0 Å². The van der Waals surface area contributed by atoms with Crippen molar-refractivity contribution in [2.75, 3.05) is 26.3 Å². The number of halogens is 1. The van der Waals surface area contributed by atoms with E-state index < -0.39 is 0 Å². The van der Waals surface area contributed by atoms with Gasteiger partial charge in [-0.3, -0.25) is 4.90 Å². The molecule has 1 fully saturated rings. The van der Waals surface area contributed by atoms with Gasteiger partial charge in [0.15, 0.2) is 0 Å². The second-order valence-corrected chi connectivity index (χ2v) is 6.19. The van der Waals surface area contributed by atoms with Crippen molar-refractivity contribution in [1.29, 1.82) is 0 Å².